The van der Waals surface area contributed by atoms with Gasteiger partial charge in [0, 0.05) is 6.61 Å². The Morgan fingerprint density at radius 3 is 1.97 bits per heavy atom. The average molecular weight is 421 g/mol. The number of rotatable bonds is 3. The molecule has 1 aliphatic heterocycles. The van der Waals surface area contributed by atoms with Gasteiger partial charge in [0.25, 0.3) is 0 Å². The molecule has 0 bridgehead atoms. The maximum atomic E-state index is 6.13. The van der Waals surface area contributed by atoms with Crippen LogP contribution in [0.5, 0.6) is 0 Å². The van der Waals surface area contributed by atoms with Crippen molar-refractivity contribution in [2.24, 2.45) is 5.92 Å². The second kappa shape index (κ2) is 8.56. The molecule has 4 aromatic rings. The summed E-state index contributed by atoms with van der Waals surface area (Å²) in [6, 6.07) is 27.1. The molecular formula is C31H32O. The lowest BCUT2D eigenvalue weighted by Gasteiger charge is -2.28. The SMILES string of the molecule is Cc1ccc2cc(-c3ccc(-c4c(C)cc(C5CCC(C)CO5)cc4C)cc3)ccc2c1. The van der Waals surface area contributed by atoms with Crippen LogP contribution in [0.4, 0.5) is 0 Å². The lowest BCUT2D eigenvalue weighted by atomic mass is 9.89. The van der Waals surface area contributed by atoms with Crippen molar-refractivity contribution in [2.75, 3.05) is 6.61 Å². The topological polar surface area (TPSA) is 9.23 Å². The second-order valence-electron chi connectivity index (χ2n) is 9.68. The van der Waals surface area contributed by atoms with Crippen molar-refractivity contribution >= 4 is 10.8 Å². The van der Waals surface area contributed by atoms with E-state index >= 15 is 0 Å². The Morgan fingerprint density at radius 2 is 1.28 bits per heavy atom. The van der Waals surface area contributed by atoms with Crippen molar-refractivity contribution in [2.45, 2.75) is 46.6 Å². The van der Waals surface area contributed by atoms with Gasteiger partial charge in [-0.2, -0.15) is 0 Å². The first-order valence-corrected chi connectivity index (χ1v) is 11.8. The van der Waals surface area contributed by atoms with Gasteiger partial charge >= 0.3 is 0 Å². The number of benzene rings is 4. The molecule has 2 unspecified atom stereocenters. The Morgan fingerprint density at radius 1 is 0.656 bits per heavy atom. The highest BCUT2D eigenvalue weighted by atomic mass is 16.5. The maximum absolute atomic E-state index is 6.13. The summed E-state index contributed by atoms with van der Waals surface area (Å²) in [5, 5.41) is 2.59. The smallest absolute Gasteiger partial charge is 0.0825 e. The van der Waals surface area contributed by atoms with E-state index in [4.69, 9.17) is 4.74 Å². The predicted molar refractivity (Wildman–Crippen MR) is 136 cm³/mol. The van der Waals surface area contributed by atoms with Gasteiger partial charge in [-0.05, 0) is 95.3 Å². The Kier molecular flexibility index (Phi) is 5.61. The van der Waals surface area contributed by atoms with E-state index in [0.717, 1.165) is 13.0 Å². The van der Waals surface area contributed by atoms with Crippen LogP contribution in [-0.4, -0.2) is 6.61 Å². The molecular weight excluding hydrogens is 388 g/mol. The number of hydrogen-bond donors (Lipinski definition) is 0. The molecule has 4 aromatic carbocycles. The highest BCUT2D eigenvalue weighted by Crippen LogP contribution is 2.36. The molecule has 1 nitrogen and oxygen atoms in total. The Bertz CT molecular complexity index is 1230. The minimum absolute atomic E-state index is 0.247. The van der Waals surface area contributed by atoms with Crippen molar-refractivity contribution in [3.05, 3.63) is 95.1 Å². The van der Waals surface area contributed by atoms with Crippen molar-refractivity contribution in [3.63, 3.8) is 0 Å². The van der Waals surface area contributed by atoms with Gasteiger partial charge in [-0.15, -0.1) is 0 Å². The monoisotopic (exact) mass is 420 g/mol. The Balaban J connectivity index is 1.43. The molecule has 0 N–H and O–H groups in total. The largest absolute Gasteiger partial charge is 0.373 e. The summed E-state index contributed by atoms with van der Waals surface area (Å²) in [7, 11) is 0. The fourth-order valence-electron chi connectivity index (χ4n) is 5.16. The van der Waals surface area contributed by atoms with Crippen LogP contribution in [0.1, 0.15) is 48.1 Å². The summed E-state index contributed by atoms with van der Waals surface area (Å²) in [5.74, 6) is 0.679. The standard InChI is InChI=1S/C31H32O/c1-20-5-7-28-18-27(13-12-26(28)15-20)24-8-10-25(11-9-24)31-22(3)16-29(17-23(31)4)30-14-6-21(2)19-32-30/h5,7-13,15-18,21,30H,6,14,19H2,1-4H3. The molecule has 1 saturated heterocycles. The quantitative estimate of drug-likeness (QED) is 0.322. The van der Waals surface area contributed by atoms with Crippen LogP contribution < -0.4 is 0 Å². The fourth-order valence-corrected chi connectivity index (χ4v) is 5.16. The van der Waals surface area contributed by atoms with Gasteiger partial charge in [0.05, 0.1) is 6.10 Å². The molecule has 0 radical (unpaired) electrons. The number of aryl methyl sites for hydroxylation is 3. The van der Waals surface area contributed by atoms with Gasteiger partial charge in [-0.25, -0.2) is 0 Å². The summed E-state index contributed by atoms with van der Waals surface area (Å²) in [5.41, 5.74) is 10.4. The van der Waals surface area contributed by atoms with Gasteiger partial charge in [-0.3, -0.25) is 0 Å². The molecule has 0 saturated carbocycles. The second-order valence-corrected chi connectivity index (χ2v) is 9.68. The summed E-state index contributed by atoms with van der Waals surface area (Å²) < 4.78 is 6.13. The van der Waals surface area contributed by atoms with Gasteiger partial charge in [0.15, 0.2) is 0 Å². The Hall–Kier alpha value is -2.90. The predicted octanol–water partition coefficient (Wildman–Crippen LogP) is 8.59. The zero-order valence-corrected chi connectivity index (χ0v) is 19.6. The maximum Gasteiger partial charge on any atom is 0.0825 e. The van der Waals surface area contributed by atoms with Gasteiger partial charge < -0.3 is 4.74 Å². The first kappa shape index (κ1) is 21.0. The van der Waals surface area contributed by atoms with E-state index in [1.165, 1.54) is 61.7 Å². The number of ether oxygens (including phenoxy) is 1. The minimum Gasteiger partial charge on any atom is -0.373 e. The van der Waals surface area contributed by atoms with Crippen LogP contribution in [0.15, 0.2) is 72.8 Å². The molecule has 0 spiro atoms. The summed E-state index contributed by atoms with van der Waals surface area (Å²) in [4.78, 5) is 0. The summed E-state index contributed by atoms with van der Waals surface area (Å²) in [6.45, 7) is 9.76. The van der Waals surface area contributed by atoms with Crippen LogP contribution in [-0.2, 0) is 4.74 Å². The van der Waals surface area contributed by atoms with Crippen LogP contribution in [0, 0.1) is 26.7 Å². The van der Waals surface area contributed by atoms with E-state index in [1.807, 2.05) is 0 Å². The zero-order valence-electron chi connectivity index (χ0n) is 19.6. The van der Waals surface area contributed by atoms with Gasteiger partial charge in [0.2, 0.25) is 0 Å². The van der Waals surface area contributed by atoms with Crippen LogP contribution in [0.2, 0.25) is 0 Å². The highest BCUT2D eigenvalue weighted by Gasteiger charge is 2.21. The fraction of sp³-hybridized carbons (Fsp3) is 0.290. The summed E-state index contributed by atoms with van der Waals surface area (Å²) >= 11 is 0. The molecule has 0 aromatic heterocycles. The van der Waals surface area contributed by atoms with Gasteiger partial charge in [-0.1, -0.05) is 79.2 Å². The minimum atomic E-state index is 0.247. The van der Waals surface area contributed by atoms with Crippen molar-refractivity contribution in [1.82, 2.24) is 0 Å². The van der Waals surface area contributed by atoms with E-state index in [9.17, 15) is 0 Å². The zero-order chi connectivity index (χ0) is 22.2. The third-order valence-electron chi connectivity index (χ3n) is 6.93. The van der Waals surface area contributed by atoms with E-state index in [1.54, 1.807) is 0 Å². The normalized spacial score (nSPS) is 18.8. The van der Waals surface area contributed by atoms with E-state index in [0.29, 0.717) is 5.92 Å². The van der Waals surface area contributed by atoms with Crippen LogP contribution >= 0.6 is 0 Å². The average Bonchev–Trinajstić information content (AvgIpc) is 2.79. The highest BCUT2D eigenvalue weighted by molar-refractivity contribution is 5.88. The van der Waals surface area contributed by atoms with Crippen molar-refractivity contribution in [1.29, 1.82) is 0 Å². The first-order valence-electron chi connectivity index (χ1n) is 11.8. The third-order valence-corrected chi connectivity index (χ3v) is 6.93. The molecule has 5 rings (SSSR count). The molecule has 0 amide bonds. The van der Waals surface area contributed by atoms with Gasteiger partial charge in [0.1, 0.15) is 0 Å². The van der Waals surface area contributed by atoms with Crippen molar-refractivity contribution in [3.8, 4) is 22.3 Å². The first-order chi connectivity index (χ1) is 15.5. The molecule has 32 heavy (non-hydrogen) atoms. The lowest BCUT2D eigenvalue weighted by Crippen LogP contribution is -2.18. The van der Waals surface area contributed by atoms with Crippen LogP contribution in [0.3, 0.4) is 0 Å². The molecule has 1 fully saturated rings. The Labute approximate surface area is 192 Å². The molecule has 1 aliphatic rings. The van der Waals surface area contributed by atoms with Crippen molar-refractivity contribution < 1.29 is 4.74 Å². The number of fused-ring (bicyclic) bond motifs is 1. The molecule has 162 valence electrons. The third kappa shape index (κ3) is 4.10. The molecule has 0 aliphatic carbocycles. The number of hydrogen-bond acceptors (Lipinski definition) is 1. The molecule has 1 heterocycles. The lowest BCUT2D eigenvalue weighted by molar-refractivity contribution is -0.0124. The molecule has 1 heteroatoms. The van der Waals surface area contributed by atoms with E-state index in [-0.39, 0.29) is 6.10 Å². The van der Waals surface area contributed by atoms with Crippen LogP contribution in [0.25, 0.3) is 33.0 Å². The van der Waals surface area contributed by atoms with E-state index < -0.39 is 0 Å². The van der Waals surface area contributed by atoms with E-state index in [2.05, 4.69) is 100 Å². The summed E-state index contributed by atoms with van der Waals surface area (Å²) in [6.07, 6.45) is 2.62. The molecule has 2 atom stereocenters.